The minimum atomic E-state index is -0.432. The summed E-state index contributed by atoms with van der Waals surface area (Å²) in [6, 6.07) is 9.64. The predicted molar refractivity (Wildman–Crippen MR) is 98.9 cm³/mol. The summed E-state index contributed by atoms with van der Waals surface area (Å²) in [5, 5.41) is 10.8. The van der Waals surface area contributed by atoms with Crippen molar-refractivity contribution >= 4 is 16.9 Å². The molecule has 4 atom stereocenters. The highest BCUT2D eigenvalue weighted by molar-refractivity contribution is 5.92. The van der Waals surface area contributed by atoms with Crippen LogP contribution in [0.4, 0.5) is 0 Å². The van der Waals surface area contributed by atoms with Crippen LogP contribution in [0.25, 0.3) is 11.0 Å². The number of para-hydroxylation sites is 2. The molecule has 2 aromatic heterocycles. The lowest BCUT2D eigenvalue weighted by Crippen LogP contribution is -2.36. The average Bonchev–Trinajstić information content (AvgIpc) is 3.31. The highest BCUT2D eigenvalue weighted by Gasteiger charge is 2.44. The zero-order valence-electron chi connectivity index (χ0n) is 14.8. The maximum absolute atomic E-state index is 12.7. The predicted octanol–water partition coefficient (Wildman–Crippen LogP) is 1.91. The molecule has 2 fully saturated rings. The van der Waals surface area contributed by atoms with E-state index in [1.165, 1.54) is 6.33 Å². The second-order valence-electron chi connectivity index (χ2n) is 7.57. The van der Waals surface area contributed by atoms with Crippen LogP contribution in [0.5, 0.6) is 0 Å². The Balaban J connectivity index is 1.37. The second-order valence-corrected chi connectivity index (χ2v) is 7.57. The van der Waals surface area contributed by atoms with E-state index in [4.69, 9.17) is 0 Å². The fourth-order valence-electron chi connectivity index (χ4n) is 4.69. The van der Waals surface area contributed by atoms with Gasteiger partial charge >= 0.3 is 0 Å². The fraction of sp³-hybridized carbons (Fsp3) is 0.400. The number of carbonyl (C=O) groups is 1. The van der Waals surface area contributed by atoms with E-state index < -0.39 is 6.10 Å². The van der Waals surface area contributed by atoms with Gasteiger partial charge in [-0.05, 0) is 42.9 Å². The van der Waals surface area contributed by atoms with Crippen LogP contribution < -0.4 is 0 Å². The number of fused-ring (bicyclic) bond motifs is 2. The van der Waals surface area contributed by atoms with Crippen LogP contribution in [-0.2, 0) is 0 Å². The number of rotatable bonds is 2. The second kappa shape index (κ2) is 6.42. The molecule has 1 aliphatic carbocycles. The Morgan fingerprint density at radius 2 is 1.89 bits per heavy atom. The fourth-order valence-corrected chi connectivity index (χ4v) is 4.69. The van der Waals surface area contributed by atoms with Crippen LogP contribution in [0, 0.1) is 11.8 Å². The van der Waals surface area contributed by atoms with Gasteiger partial charge in [-0.15, -0.1) is 0 Å². The lowest BCUT2D eigenvalue weighted by molar-refractivity contribution is 0.0374. The Hall–Kier alpha value is -2.80. The minimum absolute atomic E-state index is 0.00671. The number of aliphatic hydroxyl groups excluding tert-OH is 1. The topological polar surface area (TPSA) is 84.1 Å². The molecule has 0 unspecified atom stereocenters. The van der Waals surface area contributed by atoms with Crippen molar-refractivity contribution in [3.8, 4) is 0 Å². The third-order valence-corrected chi connectivity index (χ3v) is 6.04. The van der Waals surface area contributed by atoms with Crippen molar-refractivity contribution < 1.29 is 9.90 Å². The van der Waals surface area contributed by atoms with Gasteiger partial charge in [-0.2, -0.15) is 0 Å². The summed E-state index contributed by atoms with van der Waals surface area (Å²) in [5.74, 6) is 0.660. The molecule has 3 heterocycles. The molecule has 0 radical (unpaired) electrons. The quantitative estimate of drug-likeness (QED) is 0.752. The van der Waals surface area contributed by atoms with Gasteiger partial charge in [0.1, 0.15) is 12.0 Å². The molecule has 0 bridgehead atoms. The molecule has 7 heteroatoms. The zero-order valence-corrected chi connectivity index (χ0v) is 14.8. The van der Waals surface area contributed by atoms with Gasteiger partial charge in [-0.1, -0.05) is 12.1 Å². The van der Waals surface area contributed by atoms with E-state index in [0.29, 0.717) is 37.0 Å². The van der Waals surface area contributed by atoms with Gasteiger partial charge in [0, 0.05) is 19.3 Å². The molecule has 3 aromatic rings. The van der Waals surface area contributed by atoms with Gasteiger partial charge in [0.15, 0.2) is 0 Å². The molecule has 7 nitrogen and oxygen atoms in total. The number of nitrogens with zero attached hydrogens (tertiary/aromatic N) is 5. The molecule has 1 saturated heterocycles. The maximum atomic E-state index is 12.7. The number of hydrogen-bond acceptors (Lipinski definition) is 5. The number of aliphatic hydroxyl groups is 1. The first kappa shape index (κ1) is 16.4. The highest BCUT2D eigenvalue weighted by Crippen LogP contribution is 2.42. The summed E-state index contributed by atoms with van der Waals surface area (Å²) in [7, 11) is 0. The third kappa shape index (κ3) is 2.78. The van der Waals surface area contributed by atoms with Gasteiger partial charge < -0.3 is 14.6 Å². The summed E-state index contributed by atoms with van der Waals surface area (Å²) >= 11 is 0. The average molecular weight is 363 g/mol. The van der Waals surface area contributed by atoms with E-state index in [1.807, 2.05) is 35.5 Å². The van der Waals surface area contributed by atoms with Crippen LogP contribution in [0.2, 0.25) is 0 Å². The van der Waals surface area contributed by atoms with E-state index in [-0.39, 0.29) is 11.9 Å². The van der Waals surface area contributed by atoms with Gasteiger partial charge in [0.2, 0.25) is 0 Å². The van der Waals surface area contributed by atoms with Crippen LogP contribution in [0.15, 0.2) is 49.2 Å². The Labute approximate surface area is 156 Å². The molecule has 27 heavy (non-hydrogen) atoms. The summed E-state index contributed by atoms with van der Waals surface area (Å²) in [4.78, 5) is 27.0. The number of carbonyl (C=O) groups excluding carboxylic acids is 1. The molecule has 1 saturated carbocycles. The van der Waals surface area contributed by atoms with Crippen LogP contribution in [0.1, 0.15) is 29.4 Å². The van der Waals surface area contributed by atoms with Crippen LogP contribution in [0.3, 0.4) is 0 Å². The standard InChI is InChI=1S/C20H21N5O2/c26-19-8-14-10-24(20(27)16-5-6-21-11-22-16)9-13(14)7-18(19)25-12-23-15-3-1-2-4-17(15)25/h1-6,11-14,18-19,26H,7-10H2/t13-,14+,18-,19-/m1/s1. The van der Waals surface area contributed by atoms with E-state index in [9.17, 15) is 9.90 Å². The number of imidazole rings is 1. The Kier molecular flexibility index (Phi) is 3.89. The summed E-state index contributed by atoms with van der Waals surface area (Å²) < 4.78 is 2.10. The molecular formula is C20H21N5O2. The monoisotopic (exact) mass is 363 g/mol. The first-order valence-corrected chi connectivity index (χ1v) is 9.35. The van der Waals surface area contributed by atoms with E-state index in [0.717, 1.165) is 17.5 Å². The smallest absolute Gasteiger partial charge is 0.272 e. The first-order chi connectivity index (χ1) is 13.2. The van der Waals surface area contributed by atoms with Crippen molar-refractivity contribution in [1.29, 1.82) is 0 Å². The largest absolute Gasteiger partial charge is 0.391 e. The van der Waals surface area contributed by atoms with Crippen molar-refractivity contribution in [2.24, 2.45) is 11.8 Å². The lowest BCUT2D eigenvalue weighted by Gasteiger charge is -2.36. The number of likely N-dealkylation sites (tertiary alicyclic amines) is 1. The normalized spacial score (nSPS) is 27.7. The summed E-state index contributed by atoms with van der Waals surface area (Å²) in [5.41, 5.74) is 2.42. The summed E-state index contributed by atoms with van der Waals surface area (Å²) in [6.45, 7) is 1.39. The van der Waals surface area contributed by atoms with Crippen molar-refractivity contribution in [1.82, 2.24) is 24.4 Å². The van der Waals surface area contributed by atoms with Crippen molar-refractivity contribution in [2.75, 3.05) is 13.1 Å². The number of hydrogen-bond donors (Lipinski definition) is 1. The van der Waals surface area contributed by atoms with Crippen molar-refractivity contribution in [3.63, 3.8) is 0 Å². The van der Waals surface area contributed by atoms with Crippen molar-refractivity contribution in [3.05, 3.63) is 54.9 Å². The van der Waals surface area contributed by atoms with Crippen LogP contribution in [-0.4, -0.2) is 54.6 Å². The SMILES string of the molecule is O=C(c1ccncn1)N1C[C@H]2C[C@@H](n3cnc4ccccc43)[C@H](O)C[C@H]2C1. The van der Waals surface area contributed by atoms with Crippen LogP contribution >= 0.6 is 0 Å². The van der Waals surface area contributed by atoms with Gasteiger partial charge in [0.05, 0.1) is 29.5 Å². The summed E-state index contributed by atoms with van der Waals surface area (Å²) in [6.07, 6.45) is 5.94. The highest BCUT2D eigenvalue weighted by atomic mass is 16.3. The minimum Gasteiger partial charge on any atom is -0.391 e. The number of benzene rings is 1. The Morgan fingerprint density at radius 1 is 1.07 bits per heavy atom. The molecule has 138 valence electrons. The van der Waals surface area contributed by atoms with Gasteiger partial charge in [0.25, 0.3) is 5.91 Å². The molecule has 1 aliphatic heterocycles. The van der Waals surface area contributed by atoms with E-state index >= 15 is 0 Å². The van der Waals surface area contributed by atoms with E-state index in [1.54, 1.807) is 12.3 Å². The molecular weight excluding hydrogens is 342 g/mol. The molecule has 1 amide bonds. The molecule has 2 aliphatic rings. The maximum Gasteiger partial charge on any atom is 0.272 e. The first-order valence-electron chi connectivity index (χ1n) is 9.35. The third-order valence-electron chi connectivity index (χ3n) is 6.04. The number of amides is 1. The molecule has 5 rings (SSSR count). The van der Waals surface area contributed by atoms with Gasteiger partial charge in [-0.25, -0.2) is 15.0 Å². The Bertz CT molecular complexity index is 973. The molecule has 1 aromatic carbocycles. The number of aromatic nitrogens is 4. The van der Waals surface area contributed by atoms with E-state index in [2.05, 4.69) is 19.5 Å². The lowest BCUT2D eigenvalue weighted by atomic mass is 9.77. The van der Waals surface area contributed by atoms with Gasteiger partial charge in [-0.3, -0.25) is 4.79 Å². The Morgan fingerprint density at radius 3 is 2.70 bits per heavy atom. The molecule has 0 spiro atoms. The zero-order chi connectivity index (χ0) is 18.4. The van der Waals surface area contributed by atoms with Crippen molar-refractivity contribution in [2.45, 2.75) is 25.0 Å². The molecule has 1 N–H and O–H groups in total.